The fourth-order valence-corrected chi connectivity index (χ4v) is 1.91. The Morgan fingerprint density at radius 1 is 1.15 bits per heavy atom. The van der Waals surface area contributed by atoms with Crippen molar-refractivity contribution in [2.45, 2.75) is 46.4 Å². The lowest BCUT2D eigenvalue weighted by Crippen LogP contribution is -2.40. The second-order valence-electron chi connectivity index (χ2n) is 4.80. The van der Waals surface area contributed by atoms with E-state index in [1.807, 2.05) is 13.8 Å². The van der Waals surface area contributed by atoms with Crippen LogP contribution in [0.15, 0.2) is 0 Å². The summed E-state index contributed by atoms with van der Waals surface area (Å²) in [6, 6.07) is 0. The average molecular weight is 188 g/mol. The molecule has 0 aromatic rings. The fraction of sp³-hybridized carbons (Fsp3) is 1.00. The lowest BCUT2D eigenvalue weighted by atomic mass is 9.85. The second kappa shape index (κ2) is 4.41. The molecular weight excluding hydrogens is 167 g/mol. The van der Waals surface area contributed by atoms with Crippen LogP contribution in [0.5, 0.6) is 0 Å². The van der Waals surface area contributed by atoms with E-state index < -0.39 is 6.17 Å². The Bertz CT molecular complexity index is 156. The van der Waals surface area contributed by atoms with Crippen LogP contribution >= 0.6 is 0 Å². The first-order valence-corrected chi connectivity index (χ1v) is 5.28. The molecule has 1 aliphatic heterocycles. The van der Waals surface area contributed by atoms with Crippen molar-refractivity contribution in [3.63, 3.8) is 0 Å². The summed E-state index contributed by atoms with van der Waals surface area (Å²) in [6.07, 6.45) is -0.253. The first kappa shape index (κ1) is 11.0. The predicted molar refractivity (Wildman–Crippen MR) is 52.4 cm³/mol. The van der Waals surface area contributed by atoms with E-state index >= 15 is 0 Å². The maximum Gasteiger partial charge on any atom is 0.127 e. The van der Waals surface area contributed by atoms with Crippen LogP contribution in [0.25, 0.3) is 0 Å². The van der Waals surface area contributed by atoms with Gasteiger partial charge in [-0.3, -0.25) is 0 Å². The molecule has 1 nitrogen and oxygen atoms in total. The summed E-state index contributed by atoms with van der Waals surface area (Å²) in [7, 11) is 0. The molecule has 0 amide bonds. The van der Waals surface area contributed by atoms with Gasteiger partial charge in [0.15, 0.2) is 0 Å². The highest BCUT2D eigenvalue weighted by atomic mass is 19.1. The van der Waals surface area contributed by atoms with E-state index in [2.05, 4.69) is 13.8 Å². The number of hydrogen-bond donors (Lipinski definition) is 0. The molecule has 0 saturated carbocycles. The van der Waals surface area contributed by atoms with Crippen LogP contribution in [0.3, 0.4) is 0 Å². The summed E-state index contributed by atoms with van der Waals surface area (Å²) in [5.41, 5.74) is 0. The normalized spacial score (nSPS) is 35.8. The third kappa shape index (κ3) is 2.67. The van der Waals surface area contributed by atoms with Gasteiger partial charge in [0.05, 0.1) is 12.7 Å². The Kier molecular flexibility index (Phi) is 3.72. The minimum Gasteiger partial charge on any atom is -0.375 e. The maximum absolute atomic E-state index is 13.6. The molecule has 0 aromatic carbocycles. The minimum atomic E-state index is -0.763. The van der Waals surface area contributed by atoms with Crippen LogP contribution in [0, 0.1) is 17.8 Å². The van der Waals surface area contributed by atoms with Gasteiger partial charge in [-0.15, -0.1) is 0 Å². The minimum absolute atomic E-state index is 0.171. The largest absolute Gasteiger partial charge is 0.375 e. The molecule has 1 aliphatic rings. The highest BCUT2D eigenvalue weighted by Gasteiger charge is 2.34. The predicted octanol–water partition coefficient (Wildman–Crippen LogP) is 3.04. The van der Waals surface area contributed by atoms with E-state index in [1.165, 1.54) is 0 Å². The average Bonchev–Trinajstić information content (AvgIpc) is 2.03. The van der Waals surface area contributed by atoms with Gasteiger partial charge in [-0.25, -0.2) is 4.39 Å². The Morgan fingerprint density at radius 2 is 1.77 bits per heavy atom. The summed E-state index contributed by atoms with van der Waals surface area (Å²) in [4.78, 5) is 0. The Balaban J connectivity index is 2.46. The monoisotopic (exact) mass is 188 g/mol. The lowest BCUT2D eigenvalue weighted by Gasteiger charge is -2.35. The number of ether oxygens (including phenoxy) is 1. The van der Waals surface area contributed by atoms with Gasteiger partial charge in [-0.05, 0) is 24.2 Å². The number of alkyl halides is 1. The van der Waals surface area contributed by atoms with Crippen molar-refractivity contribution < 1.29 is 9.13 Å². The van der Waals surface area contributed by atoms with E-state index in [0.29, 0.717) is 24.2 Å². The van der Waals surface area contributed by atoms with Crippen LogP contribution in [0.2, 0.25) is 0 Å². The van der Waals surface area contributed by atoms with E-state index in [9.17, 15) is 4.39 Å². The highest BCUT2D eigenvalue weighted by molar-refractivity contribution is 4.81. The van der Waals surface area contributed by atoms with Gasteiger partial charge in [0.2, 0.25) is 0 Å². The zero-order valence-electron chi connectivity index (χ0n) is 9.09. The van der Waals surface area contributed by atoms with Gasteiger partial charge >= 0.3 is 0 Å². The van der Waals surface area contributed by atoms with Crippen LogP contribution in [-0.2, 0) is 4.74 Å². The molecule has 0 bridgehead atoms. The molecule has 78 valence electrons. The van der Waals surface area contributed by atoms with Crippen LogP contribution < -0.4 is 0 Å². The summed E-state index contributed by atoms with van der Waals surface area (Å²) >= 11 is 0. The second-order valence-corrected chi connectivity index (χ2v) is 4.80. The van der Waals surface area contributed by atoms with Crippen molar-refractivity contribution in [2.24, 2.45) is 17.8 Å². The standard InChI is InChI=1S/C11H21FO/c1-7(2)9-5-10(12)11(8(3)4)13-6-9/h7-11H,5-6H2,1-4H3. The van der Waals surface area contributed by atoms with Gasteiger partial charge in [0, 0.05) is 0 Å². The van der Waals surface area contributed by atoms with E-state index in [4.69, 9.17) is 4.74 Å². The molecule has 0 aromatic heterocycles. The molecule has 0 N–H and O–H groups in total. The zero-order valence-corrected chi connectivity index (χ0v) is 9.09. The number of rotatable bonds is 2. The smallest absolute Gasteiger partial charge is 0.127 e. The third-order valence-corrected chi connectivity index (χ3v) is 2.99. The number of hydrogen-bond acceptors (Lipinski definition) is 1. The van der Waals surface area contributed by atoms with Gasteiger partial charge in [0.25, 0.3) is 0 Å². The molecule has 2 heteroatoms. The third-order valence-electron chi connectivity index (χ3n) is 2.99. The zero-order chi connectivity index (χ0) is 10.0. The Labute approximate surface area is 80.7 Å². The van der Waals surface area contributed by atoms with E-state index in [0.717, 1.165) is 6.61 Å². The van der Waals surface area contributed by atoms with Crippen molar-refractivity contribution in [2.75, 3.05) is 6.61 Å². The summed E-state index contributed by atoms with van der Waals surface area (Å²) < 4.78 is 19.1. The highest BCUT2D eigenvalue weighted by Crippen LogP contribution is 2.30. The van der Waals surface area contributed by atoms with Gasteiger partial charge in [-0.2, -0.15) is 0 Å². The first-order chi connectivity index (χ1) is 6.02. The summed E-state index contributed by atoms with van der Waals surface area (Å²) in [5.74, 6) is 1.24. The van der Waals surface area contributed by atoms with Crippen molar-refractivity contribution >= 4 is 0 Å². The molecule has 1 fully saturated rings. The van der Waals surface area contributed by atoms with Crippen LogP contribution in [0.1, 0.15) is 34.1 Å². The van der Waals surface area contributed by atoms with Crippen LogP contribution in [0.4, 0.5) is 4.39 Å². The van der Waals surface area contributed by atoms with Crippen molar-refractivity contribution in [1.82, 2.24) is 0 Å². The van der Waals surface area contributed by atoms with Gasteiger partial charge < -0.3 is 4.74 Å². The van der Waals surface area contributed by atoms with Gasteiger partial charge in [0.1, 0.15) is 6.17 Å². The van der Waals surface area contributed by atoms with Crippen molar-refractivity contribution in [3.05, 3.63) is 0 Å². The SMILES string of the molecule is CC(C)C1COC(C(C)C)C(F)C1. The molecule has 1 saturated heterocycles. The molecule has 0 spiro atoms. The topological polar surface area (TPSA) is 9.23 Å². The molecular formula is C11H21FO. The summed E-state index contributed by atoms with van der Waals surface area (Å²) in [6.45, 7) is 9.05. The molecule has 1 rings (SSSR count). The molecule has 3 unspecified atom stereocenters. The quantitative estimate of drug-likeness (QED) is 0.647. The molecule has 3 atom stereocenters. The summed E-state index contributed by atoms with van der Waals surface area (Å²) in [5, 5.41) is 0. The molecule has 13 heavy (non-hydrogen) atoms. The fourth-order valence-electron chi connectivity index (χ4n) is 1.91. The molecule has 0 aliphatic carbocycles. The lowest BCUT2D eigenvalue weighted by molar-refractivity contribution is -0.0968. The van der Waals surface area contributed by atoms with Crippen molar-refractivity contribution in [3.8, 4) is 0 Å². The van der Waals surface area contributed by atoms with E-state index in [1.54, 1.807) is 0 Å². The van der Waals surface area contributed by atoms with Crippen molar-refractivity contribution in [1.29, 1.82) is 0 Å². The Morgan fingerprint density at radius 3 is 2.15 bits per heavy atom. The molecule has 1 heterocycles. The first-order valence-electron chi connectivity index (χ1n) is 5.28. The Hall–Kier alpha value is -0.110. The molecule has 0 radical (unpaired) electrons. The van der Waals surface area contributed by atoms with E-state index in [-0.39, 0.29) is 6.10 Å². The number of halogens is 1. The maximum atomic E-state index is 13.6. The van der Waals surface area contributed by atoms with Gasteiger partial charge in [-0.1, -0.05) is 27.7 Å². The van der Waals surface area contributed by atoms with Crippen LogP contribution in [-0.4, -0.2) is 18.9 Å².